The number of para-hydroxylation sites is 1. The Morgan fingerprint density at radius 2 is 2.13 bits per heavy atom. The van der Waals surface area contributed by atoms with E-state index >= 15 is 0 Å². The fourth-order valence-corrected chi connectivity index (χ4v) is 1.13. The van der Waals surface area contributed by atoms with Gasteiger partial charge in [0.1, 0.15) is 0 Å². The maximum Gasteiger partial charge on any atom is 0.306 e. The topological polar surface area (TPSA) is 49.7 Å². The molecule has 0 heterocycles. The van der Waals surface area contributed by atoms with E-state index in [4.69, 9.17) is 5.11 Å². The summed E-state index contributed by atoms with van der Waals surface area (Å²) in [6.07, 6.45) is 3.10. The highest BCUT2D eigenvalue weighted by molar-refractivity contribution is 5.70. The van der Waals surface area contributed by atoms with E-state index in [9.17, 15) is 4.79 Å². The Kier molecular flexibility index (Phi) is 4.54. The summed E-state index contributed by atoms with van der Waals surface area (Å²) in [7, 11) is 0. The summed E-state index contributed by atoms with van der Waals surface area (Å²) in [5.41, 5.74) is 0.903. The first-order valence-electron chi connectivity index (χ1n) is 5.00. The number of nitrogens with zero attached hydrogens (tertiary/aromatic N) is 1. The number of aliphatic imine (C=N–C) groups is 1. The van der Waals surface area contributed by atoms with Crippen molar-refractivity contribution in [2.75, 3.05) is 0 Å². The lowest BCUT2D eigenvalue weighted by molar-refractivity contribution is -0.141. The van der Waals surface area contributed by atoms with Crippen molar-refractivity contribution in [1.82, 2.24) is 0 Å². The second-order valence-corrected chi connectivity index (χ2v) is 3.46. The van der Waals surface area contributed by atoms with Gasteiger partial charge in [-0.05, 0) is 25.0 Å². The first-order valence-corrected chi connectivity index (χ1v) is 5.00. The molecular weight excluding hydrogens is 190 g/mol. The molecule has 0 aliphatic rings. The second-order valence-electron chi connectivity index (χ2n) is 3.46. The van der Waals surface area contributed by atoms with Gasteiger partial charge in [-0.15, -0.1) is 0 Å². The van der Waals surface area contributed by atoms with Crippen LogP contribution in [0, 0.1) is 5.92 Å². The number of benzene rings is 1. The Bertz CT molecular complexity index is 333. The molecule has 3 heteroatoms. The summed E-state index contributed by atoms with van der Waals surface area (Å²) in [5, 5.41) is 8.65. The molecule has 1 unspecified atom stereocenters. The fourth-order valence-electron chi connectivity index (χ4n) is 1.13. The molecule has 0 aliphatic heterocycles. The SMILES string of the molecule is CC(CCC=Nc1ccccc1)C(=O)O. The smallest absolute Gasteiger partial charge is 0.306 e. The molecule has 15 heavy (non-hydrogen) atoms. The Labute approximate surface area is 89.5 Å². The number of hydrogen-bond donors (Lipinski definition) is 1. The van der Waals surface area contributed by atoms with Gasteiger partial charge in [-0.3, -0.25) is 9.79 Å². The van der Waals surface area contributed by atoms with Crippen molar-refractivity contribution in [3.8, 4) is 0 Å². The van der Waals surface area contributed by atoms with Crippen molar-refractivity contribution < 1.29 is 9.90 Å². The number of carboxylic acids is 1. The van der Waals surface area contributed by atoms with Gasteiger partial charge in [-0.25, -0.2) is 0 Å². The molecule has 0 saturated carbocycles. The first kappa shape index (κ1) is 11.4. The Hall–Kier alpha value is -1.64. The number of rotatable bonds is 5. The van der Waals surface area contributed by atoms with E-state index in [0.717, 1.165) is 5.69 Å². The first-order chi connectivity index (χ1) is 7.20. The molecule has 0 aliphatic carbocycles. The Balaban J connectivity index is 2.32. The van der Waals surface area contributed by atoms with Crippen molar-refractivity contribution >= 4 is 17.9 Å². The largest absolute Gasteiger partial charge is 0.481 e. The van der Waals surface area contributed by atoms with E-state index in [1.807, 2.05) is 30.3 Å². The molecule has 1 aromatic rings. The highest BCUT2D eigenvalue weighted by atomic mass is 16.4. The van der Waals surface area contributed by atoms with Gasteiger partial charge in [-0.1, -0.05) is 25.1 Å². The van der Waals surface area contributed by atoms with Crippen LogP contribution in [0.4, 0.5) is 5.69 Å². The van der Waals surface area contributed by atoms with Gasteiger partial charge < -0.3 is 5.11 Å². The maximum absolute atomic E-state index is 10.5. The van der Waals surface area contributed by atoms with Gasteiger partial charge in [0, 0.05) is 6.21 Å². The third kappa shape index (κ3) is 4.40. The molecular formula is C12H15NO2. The van der Waals surface area contributed by atoms with Gasteiger partial charge in [0.2, 0.25) is 0 Å². The highest BCUT2D eigenvalue weighted by Gasteiger charge is 2.08. The van der Waals surface area contributed by atoms with Crippen LogP contribution in [-0.2, 0) is 4.79 Å². The molecule has 3 nitrogen and oxygen atoms in total. The van der Waals surface area contributed by atoms with Gasteiger partial charge in [0.15, 0.2) is 0 Å². The molecule has 0 fully saturated rings. The highest BCUT2D eigenvalue weighted by Crippen LogP contribution is 2.10. The molecule has 1 atom stereocenters. The van der Waals surface area contributed by atoms with Gasteiger partial charge in [-0.2, -0.15) is 0 Å². The standard InChI is InChI=1S/C12H15NO2/c1-10(12(14)15)6-5-9-13-11-7-3-2-4-8-11/h2-4,7-10H,5-6H2,1H3,(H,14,15). The lowest BCUT2D eigenvalue weighted by Gasteiger charge is -2.01. The average molecular weight is 205 g/mol. The molecule has 0 aromatic heterocycles. The molecule has 80 valence electrons. The molecule has 0 radical (unpaired) electrons. The number of carboxylic acid groups (broad SMARTS) is 1. The lowest BCUT2D eigenvalue weighted by Crippen LogP contribution is -2.08. The van der Waals surface area contributed by atoms with Crippen LogP contribution in [0.2, 0.25) is 0 Å². The van der Waals surface area contributed by atoms with Crippen molar-refractivity contribution in [3.05, 3.63) is 30.3 Å². The zero-order valence-corrected chi connectivity index (χ0v) is 8.76. The fraction of sp³-hybridized carbons (Fsp3) is 0.333. The van der Waals surface area contributed by atoms with Crippen LogP contribution >= 0.6 is 0 Å². The Morgan fingerprint density at radius 3 is 2.73 bits per heavy atom. The monoisotopic (exact) mass is 205 g/mol. The van der Waals surface area contributed by atoms with Crippen LogP contribution < -0.4 is 0 Å². The molecule has 1 aromatic carbocycles. The van der Waals surface area contributed by atoms with Crippen LogP contribution in [0.15, 0.2) is 35.3 Å². The number of aliphatic carboxylic acids is 1. The lowest BCUT2D eigenvalue weighted by atomic mass is 10.1. The van der Waals surface area contributed by atoms with Gasteiger partial charge in [0.05, 0.1) is 11.6 Å². The average Bonchev–Trinajstić information content (AvgIpc) is 2.25. The zero-order chi connectivity index (χ0) is 11.1. The molecule has 0 saturated heterocycles. The van der Waals surface area contributed by atoms with Crippen LogP contribution in [0.1, 0.15) is 19.8 Å². The van der Waals surface area contributed by atoms with Gasteiger partial charge >= 0.3 is 5.97 Å². The van der Waals surface area contributed by atoms with Crippen molar-refractivity contribution in [1.29, 1.82) is 0 Å². The molecule has 1 N–H and O–H groups in total. The molecule has 1 rings (SSSR count). The van der Waals surface area contributed by atoms with Gasteiger partial charge in [0.25, 0.3) is 0 Å². The van der Waals surface area contributed by atoms with Crippen LogP contribution in [0.25, 0.3) is 0 Å². The van der Waals surface area contributed by atoms with E-state index < -0.39 is 5.97 Å². The van der Waals surface area contributed by atoms with E-state index in [0.29, 0.717) is 12.8 Å². The summed E-state index contributed by atoms with van der Waals surface area (Å²) >= 11 is 0. The Morgan fingerprint density at radius 1 is 1.47 bits per heavy atom. The minimum absolute atomic E-state index is 0.299. The summed E-state index contributed by atoms with van der Waals surface area (Å²) < 4.78 is 0. The summed E-state index contributed by atoms with van der Waals surface area (Å²) in [6.45, 7) is 1.71. The molecule has 0 bridgehead atoms. The van der Waals surface area contributed by atoms with Crippen molar-refractivity contribution in [3.63, 3.8) is 0 Å². The molecule has 0 amide bonds. The van der Waals surface area contributed by atoms with Crippen LogP contribution in [0.5, 0.6) is 0 Å². The van der Waals surface area contributed by atoms with Crippen molar-refractivity contribution in [2.45, 2.75) is 19.8 Å². The van der Waals surface area contributed by atoms with Crippen LogP contribution in [-0.4, -0.2) is 17.3 Å². The van der Waals surface area contributed by atoms with Crippen molar-refractivity contribution in [2.24, 2.45) is 10.9 Å². The van der Waals surface area contributed by atoms with E-state index in [-0.39, 0.29) is 5.92 Å². The minimum Gasteiger partial charge on any atom is -0.481 e. The number of carbonyl (C=O) groups is 1. The third-order valence-electron chi connectivity index (χ3n) is 2.15. The quantitative estimate of drug-likeness (QED) is 0.751. The second kappa shape index (κ2) is 5.96. The summed E-state index contributed by atoms with van der Waals surface area (Å²) in [6, 6.07) is 9.61. The molecule has 0 spiro atoms. The number of hydrogen-bond acceptors (Lipinski definition) is 2. The van der Waals surface area contributed by atoms with E-state index in [1.54, 1.807) is 13.1 Å². The summed E-state index contributed by atoms with van der Waals surface area (Å²) in [5.74, 6) is -1.05. The predicted molar refractivity (Wildman–Crippen MR) is 60.6 cm³/mol. The zero-order valence-electron chi connectivity index (χ0n) is 8.76. The van der Waals surface area contributed by atoms with E-state index in [1.165, 1.54) is 0 Å². The maximum atomic E-state index is 10.5. The third-order valence-corrected chi connectivity index (χ3v) is 2.15. The van der Waals surface area contributed by atoms with E-state index in [2.05, 4.69) is 4.99 Å². The summed E-state index contributed by atoms with van der Waals surface area (Å²) in [4.78, 5) is 14.7. The van der Waals surface area contributed by atoms with Crippen LogP contribution in [0.3, 0.4) is 0 Å². The minimum atomic E-state index is -0.747. The predicted octanol–water partition coefficient (Wildman–Crippen LogP) is 2.89. The normalized spacial score (nSPS) is 12.9.